The van der Waals surface area contributed by atoms with Crippen LogP contribution in [-0.4, -0.2) is 42.5 Å². The molecule has 0 aliphatic carbocycles. The lowest BCUT2D eigenvalue weighted by Gasteiger charge is -2.31. The fourth-order valence-electron chi connectivity index (χ4n) is 2.07. The topological polar surface area (TPSA) is 71.6 Å². The minimum Gasteiger partial charge on any atom is -0.399 e. The van der Waals surface area contributed by atoms with Gasteiger partial charge < -0.3 is 20.5 Å². The number of morpholine rings is 1. The SMILES string of the molecule is Nc1ccc2nc(N3CCOC(CO)C3)sc2c1. The van der Waals surface area contributed by atoms with Crippen LogP contribution in [0, 0.1) is 0 Å². The number of aliphatic hydroxyl groups is 1. The predicted molar refractivity (Wildman–Crippen MR) is 73.1 cm³/mol. The molecule has 0 spiro atoms. The maximum atomic E-state index is 9.15. The van der Waals surface area contributed by atoms with Gasteiger partial charge in [0, 0.05) is 18.8 Å². The molecule has 3 N–H and O–H groups in total. The van der Waals surface area contributed by atoms with Crippen LogP contribution in [0.4, 0.5) is 10.8 Å². The highest BCUT2D eigenvalue weighted by molar-refractivity contribution is 7.22. The van der Waals surface area contributed by atoms with E-state index in [9.17, 15) is 0 Å². The van der Waals surface area contributed by atoms with E-state index in [4.69, 9.17) is 15.6 Å². The molecule has 0 saturated carbocycles. The second-order valence-electron chi connectivity index (χ2n) is 4.34. The number of nitrogen functional groups attached to an aromatic ring is 1. The normalized spacial score (nSPS) is 20.5. The summed E-state index contributed by atoms with van der Waals surface area (Å²) in [5.41, 5.74) is 7.49. The number of benzene rings is 1. The van der Waals surface area contributed by atoms with Gasteiger partial charge in [0.25, 0.3) is 0 Å². The molecule has 1 aromatic carbocycles. The molecule has 96 valence electrons. The molecule has 18 heavy (non-hydrogen) atoms. The Morgan fingerprint density at radius 2 is 2.44 bits per heavy atom. The maximum absolute atomic E-state index is 9.15. The molecule has 1 fully saturated rings. The molecule has 1 unspecified atom stereocenters. The number of nitrogens with zero attached hydrogens (tertiary/aromatic N) is 2. The molecule has 1 saturated heterocycles. The Labute approximate surface area is 109 Å². The maximum Gasteiger partial charge on any atom is 0.186 e. The molecule has 1 aromatic heterocycles. The van der Waals surface area contributed by atoms with Gasteiger partial charge in [0.05, 0.1) is 29.5 Å². The van der Waals surface area contributed by atoms with Gasteiger partial charge in [0.2, 0.25) is 0 Å². The van der Waals surface area contributed by atoms with Crippen molar-refractivity contribution in [2.45, 2.75) is 6.10 Å². The van der Waals surface area contributed by atoms with Crippen LogP contribution in [0.5, 0.6) is 0 Å². The van der Waals surface area contributed by atoms with Gasteiger partial charge in [-0.25, -0.2) is 4.98 Å². The zero-order valence-electron chi connectivity index (χ0n) is 9.87. The summed E-state index contributed by atoms with van der Waals surface area (Å²) in [6, 6.07) is 5.75. The van der Waals surface area contributed by atoms with E-state index in [1.165, 1.54) is 0 Å². The lowest BCUT2D eigenvalue weighted by Crippen LogP contribution is -2.44. The Hall–Kier alpha value is -1.37. The summed E-state index contributed by atoms with van der Waals surface area (Å²) in [6.45, 7) is 2.18. The second kappa shape index (κ2) is 4.72. The monoisotopic (exact) mass is 265 g/mol. The molecule has 2 aromatic rings. The van der Waals surface area contributed by atoms with Crippen molar-refractivity contribution in [2.75, 3.05) is 36.9 Å². The molecule has 5 nitrogen and oxygen atoms in total. The highest BCUT2D eigenvalue weighted by Gasteiger charge is 2.22. The molecular formula is C12H15N3O2S. The summed E-state index contributed by atoms with van der Waals surface area (Å²) in [6.07, 6.45) is -0.115. The van der Waals surface area contributed by atoms with Crippen molar-refractivity contribution in [3.8, 4) is 0 Å². The average molecular weight is 265 g/mol. The number of hydrogen-bond acceptors (Lipinski definition) is 6. The lowest BCUT2D eigenvalue weighted by molar-refractivity contribution is 0.00357. The van der Waals surface area contributed by atoms with E-state index in [-0.39, 0.29) is 12.7 Å². The molecule has 0 amide bonds. The van der Waals surface area contributed by atoms with Crippen LogP contribution in [0.25, 0.3) is 10.2 Å². The molecule has 1 aliphatic rings. The number of ether oxygens (including phenoxy) is 1. The van der Waals surface area contributed by atoms with Gasteiger partial charge in [0.1, 0.15) is 0 Å². The van der Waals surface area contributed by atoms with E-state index in [1.807, 2.05) is 18.2 Å². The first kappa shape index (κ1) is 11.7. The van der Waals surface area contributed by atoms with Gasteiger partial charge in [-0.1, -0.05) is 11.3 Å². The van der Waals surface area contributed by atoms with E-state index in [0.717, 1.165) is 27.6 Å². The summed E-state index contributed by atoms with van der Waals surface area (Å²) >= 11 is 1.63. The van der Waals surface area contributed by atoms with Crippen molar-refractivity contribution >= 4 is 32.4 Å². The van der Waals surface area contributed by atoms with Gasteiger partial charge in [-0.2, -0.15) is 0 Å². The van der Waals surface area contributed by atoms with Gasteiger partial charge in [-0.3, -0.25) is 0 Å². The van der Waals surface area contributed by atoms with E-state index < -0.39 is 0 Å². The molecular weight excluding hydrogens is 250 g/mol. The largest absolute Gasteiger partial charge is 0.399 e. The van der Waals surface area contributed by atoms with Crippen LogP contribution >= 0.6 is 11.3 Å². The highest BCUT2D eigenvalue weighted by atomic mass is 32.1. The fraction of sp³-hybridized carbons (Fsp3) is 0.417. The first-order chi connectivity index (χ1) is 8.76. The quantitative estimate of drug-likeness (QED) is 0.795. The minimum atomic E-state index is -0.115. The molecule has 2 heterocycles. The minimum absolute atomic E-state index is 0.0499. The molecule has 1 aliphatic heterocycles. The van der Waals surface area contributed by atoms with Gasteiger partial charge >= 0.3 is 0 Å². The smallest absolute Gasteiger partial charge is 0.186 e. The first-order valence-corrected chi connectivity index (χ1v) is 6.71. The van der Waals surface area contributed by atoms with E-state index in [1.54, 1.807) is 11.3 Å². The Bertz CT molecular complexity index is 557. The summed E-state index contributed by atoms with van der Waals surface area (Å²) in [7, 11) is 0. The van der Waals surface area contributed by atoms with Gasteiger partial charge in [0.15, 0.2) is 5.13 Å². The fourth-order valence-corrected chi connectivity index (χ4v) is 3.12. The van der Waals surface area contributed by atoms with Crippen LogP contribution in [0.15, 0.2) is 18.2 Å². The highest BCUT2D eigenvalue weighted by Crippen LogP contribution is 2.30. The molecule has 3 rings (SSSR count). The van der Waals surface area contributed by atoms with Crippen molar-refractivity contribution in [1.82, 2.24) is 4.98 Å². The Balaban J connectivity index is 1.89. The third kappa shape index (κ3) is 2.14. The number of fused-ring (bicyclic) bond motifs is 1. The number of aliphatic hydroxyl groups excluding tert-OH is 1. The van der Waals surface area contributed by atoms with E-state index in [0.29, 0.717) is 13.2 Å². The molecule has 0 radical (unpaired) electrons. The average Bonchev–Trinajstić information content (AvgIpc) is 2.81. The summed E-state index contributed by atoms with van der Waals surface area (Å²) in [4.78, 5) is 6.76. The number of anilines is 2. The lowest BCUT2D eigenvalue weighted by atomic mass is 10.3. The van der Waals surface area contributed by atoms with Crippen LogP contribution in [0.3, 0.4) is 0 Å². The van der Waals surface area contributed by atoms with Crippen molar-refractivity contribution in [2.24, 2.45) is 0 Å². The zero-order valence-corrected chi connectivity index (χ0v) is 10.7. The Morgan fingerprint density at radius 3 is 3.28 bits per heavy atom. The number of rotatable bonds is 2. The van der Waals surface area contributed by atoms with Crippen molar-refractivity contribution < 1.29 is 9.84 Å². The van der Waals surface area contributed by atoms with Crippen LogP contribution in [0.2, 0.25) is 0 Å². The van der Waals surface area contributed by atoms with Crippen LogP contribution in [0.1, 0.15) is 0 Å². The first-order valence-electron chi connectivity index (χ1n) is 5.90. The van der Waals surface area contributed by atoms with E-state index in [2.05, 4.69) is 9.88 Å². The Morgan fingerprint density at radius 1 is 1.56 bits per heavy atom. The van der Waals surface area contributed by atoms with Crippen LogP contribution < -0.4 is 10.6 Å². The van der Waals surface area contributed by atoms with Crippen molar-refractivity contribution in [1.29, 1.82) is 0 Å². The number of aromatic nitrogens is 1. The summed E-state index contributed by atoms with van der Waals surface area (Å²) < 4.78 is 6.53. The summed E-state index contributed by atoms with van der Waals surface area (Å²) in [5, 5.41) is 10.1. The molecule has 6 heteroatoms. The molecule has 0 bridgehead atoms. The summed E-state index contributed by atoms with van der Waals surface area (Å²) in [5.74, 6) is 0. The van der Waals surface area contributed by atoms with Crippen LogP contribution in [-0.2, 0) is 4.74 Å². The molecule has 1 atom stereocenters. The second-order valence-corrected chi connectivity index (χ2v) is 5.35. The van der Waals surface area contributed by atoms with Crippen molar-refractivity contribution in [3.05, 3.63) is 18.2 Å². The number of hydrogen-bond donors (Lipinski definition) is 2. The van der Waals surface area contributed by atoms with Gasteiger partial charge in [-0.15, -0.1) is 0 Å². The predicted octanol–water partition coefficient (Wildman–Crippen LogP) is 1.08. The Kier molecular flexibility index (Phi) is 3.07. The third-order valence-corrected chi connectivity index (χ3v) is 4.09. The number of thiazole rings is 1. The zero-order chi connectivity index (χ0) is 12.5. The van der Waals surface area contributed by atoms with E-state index >= 15 is 0 Å². The number of nitrogens with two attached hydrogens (primary N) is 1. The van der Waals surface area contributed by atoms with Gasteiger partial charge in [-0.05, 0) is 18.2 Å². The van der Waals surface area contributed by atoms with Crippen molar-refractivity contribution in [3.63, 3.8) is 0 Å². The third-order valence-electron chi connectivity index (χ3n) is 3.01. The standard InChI is InChI=1S/C12H15N3O2S/c13-8-1-2-10-11(5-8)18-12(14-10)15-3-4-17-9(6-15)7-16/h1-2,5,9,16H,3-4,6-7,13H2.